The second kappa shape index (κ2) is 7.50. The second-order valence-corrected chi connectivity index (χ2v) is 5.87. The topological polar surface area (TPSA) is 98.1 Å². The maximum Gasteiger partial charge on any atom is 0.352 e. The highest BCUT2D eigenvalue weighted by molar-refractivity contribution is 5.89. The van der Waals surface area contributed by atoms with Gasteiger partial charge in [-0.1, -0.05) is 0 Å². The van der Waals surface area contributed by atoms with Crippen molar-refractivity contribution < 1.29 is 26.7 Å². The largest absolute Gasteiger partial charge is 0.459 e. The number of hydrogen-bond donors (Lipinski definition) is 1. The van der Waals surface area contributed by atoms with Crippen LogP contribution in [0.15, 0.2) is 35.3 Å². The molecule has 30 heavy (non-hydrogen) atoms. The minimum atomic E-state index is -2.84. The molecule has 4 rings (SSSR count). The van der Waals surface area contributed by atoms with Crippen molar-refractivity contribution in [2.45, 2.75) is 6.43 Å². The zero-order valence-electron chi connectivity index (χ0n) is 14.6. The Morgan fingerprint density at radius 2 is 1.90 bits per heavy atom. The van der Waals surface area contributed by atoms with E-state index in [0.29, 0.717) is 12.1 Å². The highest BCUT2D eigenvalue weighted by atomic mass is 19.3. The first-order valence-corrected chi connectivity index (χ1v) is 8.22. The first kappa shape index (κ1) is 19.4. The van der Waals surface area contributed by atoms with Gasteiger partial charge in [0, 0.05) is 6.20 Å². The quantitative estimate of drug-likeness (QED) is 0.391. The van der Waals surface area contributed by atoms with Crippen LogP contribution in [0.25, 0.3) is 28.2 Å². The molecule has 3 heterocycles. The summed E-state index contributed by atoms with van der Waals surface area (Å²) < 4.78 is 71.5. The Hall–Kier alpha value is -3.90. The van der Waals surface area contributed by atoms with E-state index in [1.165, 1.54) is 18.3 Å². The Bertz CT molecular complexity index is 1270. The van der Waals surface area contributed by atoms with E-state index in [4.69, 9.17) is 4.74 Å². The van der Waals surface area contributed by atoms with Crippen LogP contribution >= 0.6 is 0 Å². The summed E-state index contributed by atoms with van der Waals surface area (Å²) in [6, 6.07) is 3.74. The molecular formula is C17H9F5N6O2. The molecule has 0 bridgehead atoms. The van der Waals surface area contributed by atoms with Crippen LogP contribution in [0.3, 0.4) is 0 Å². The molecule has 0 amide bonds. The van der Waals surface area contributed by atoms with Crippen molar-refractivity contribution in [3.05, 3.63) is 58.4 Å². The predicted molar refractivity (Wildman–Crippen MR) is 91.4 cm³/mol. The lowest BCUT2D eigenvalue weighted by Gasteiger charge is -2.06. The lowest BCUT2D eigenvalue weighted by molar-refractivity contribution is 0.0768. The fourth-order valence-electron chi connectivity index (χ4n) is 2.71. The van der Waals surface area contributed by atoms with E-state index >= 15 is 0 Å². The van der Waals surface area contributed by atoms with Gasteiger partial charge in [-0.2, -0.15) is 19.7 Å². The normalized spacial score (nSPS) is 11.4. The number of H-pyrrole nitrogens is 1. The van der Waals surface area contributed by atoms with Gasteiger partial charge in [0.1, 0.15) is 11.4 Å². The van der Waals surface area contributed by atoms with Gasteiger partial charge >= 0.3 is 5.69 Å². The fraction of sp³-hybridized carbons (Fsp3) is 0.118. The van der Waals surface area contributed by atoms with Crippen molar-refractivity contribution in [2.24, 2.45) is 0 Å². The Labute approximate surface area is 163 Å². The maximum atomic E-state index is 13.9. The SMILES string of the molecule is O=c1[nH]c(OCC(F)F)nc2c(-c3cc(F)c(F)c(F)c3)c(-c3cccnn3)nn12. The van der Waals surface area contributed by atoms with Crippen molar-refractivity contribution in [1.29, 1.82) is 0 Å². The van der Waals surface area contributed by atoms with Crippen molar-refractivity contribution >= 4 is 5.65 Å². The molecule has 0 radical (unpaired) electrons. The van der Waals surface area contributed by atoms with Gasteiger partial charge in [0.2, 0.25) is 0 Å². The van der Waals surface area contributed by atoms with Gasteiger partial charge in [-0.25, -0.2) is 26.7 Å². The van der Waals surface area contributed by atoms with E-state index in [1.54, 1.807) is 0 Å². The number of benzene rings is 1. The molecule has 0 saturated heterocycles. The zero-order chi connectivity index (χ0) is 21.4. The summed E-state index contributed by atoms with van der Waals surface area (Å²) in [6.07, 6.45) is -1.48. The molecule has 0 aliphatic carbocycles. The minimum Gasteiger partial charge on any atom is -0.459 e. The average molecular weight is 424 g/mol. The Balaban J connectivity index is 2.02. The standard InChI is InChI=1S/C17H9F5N6O2/c18-8-4-7(5-9(19)13(8)22)12-14(10-2-1-3-23-26-10)27-28-15(12)24-16(25-17(28)29)30-6-11(20)21/h1-5,11H,6H2,(H,24,25,29). The minimum absolute atomic E-state index is 0.0579. The summed E-state index contributed by atoms with van der Waals surface area (Å²) in [5.41, 5.74) is -1.49. The molecule has 1 N–H and O–H groups in total. The molecule has 0 aliphatic heterocycles. The predicted octanol–water partition coefficient (Wildman–Crippen LogP) is 2.60. The average Bonchev–Trinajstić information content (AvgIpc) is 3.11. The highest BCUT2D eigenvalue weighted by Gasteiger charge is 2.24. The van der Waals surface area contributed by atoms with Crippen molar-refractivity contribution in [3.63, 3.8) is 0 Å². The van der Waals surface area contributed by atoms with Crippen molar-refractivity contribution in [1.82, 2.24) is 29.8 Å². The van der Waals surface area contributed by atoms with Gasteiger partial charge in [-0.3, -0.25) is 4.98 Å². The van der Waals surface area contributed by atoms with Gasteiger partial charge in [0.15, 0.2) is 29.7 Å². The van der Waals surface area contributed by atoms with Crippen LogP contribution in [0, 0.1) is 17.5 Å². The van der Waals surface area contributed by atoms with E-state index in [0.717, 1.165) is 4.52 Å². The number of nitrogens with one attached hydrogen (secondary N) is 1. The van der Waals surface area contributed by atoms with Crippen LogP contribution in [0.5, 0.6) is 6.01 Å². The molecule has 0 unspecified atom stereocenters. The van der Waals surface area contributed by atoms with Gasteiger partial charge in [0.05, 0.1) is 5.56 Å². The van der Waals surface area contributed by atoms with Gasteiger partial charge in [0.25, 0.3) is 12.4 Å². The molecule has 13 heteroatoms. The Morgan fingerprint density at radius 1 is 1.17 bits per heavy atom. The number of fused-ring (bicyclic) bond motifs is 1. The van der Waals surface area contributed by atoms with Crippen LogP contribution in [0.4, 0.5) is 22.0 Å². The van der Waals surface area contributed by atoms with Crippen LogP contribution < -0.4 is 10.4 Å². The third-order valence-electron chi connectivity index (χ3n) is 3.91. The summed E-state index contributed by atoms with van der Waals surface area (Å²) in [6.45, 7) is -1.06. The molecule has 8 nitrogen and oxygen atoms in total. The number of alkyl halides is 2. The molecule has 1 aromatic carbocycles. The Kier molecular flexibility index (Phi) is 4.85. The smallest absolute Gasteiger partial charge is 0.352 e. The summed E-state index contributed by atoms with van der Waals surface area (Å²) in [5.74, 6) is -4.68. The van der Waals surface area contributed by atoms with E-state index in [2.05, 4.69) is 25.3 Å². The first-order chi connectivity index (χ1) is 14.3. The number of halogens is 5. The summed E-state index contributed by atoms with van der Waals surface area (Å²) in [4.78, 5) is 18.4. The van der Waals surface area contributed by atoms with Crippen molar-refractivity contribution in [2.75, 3.05) is 6.61 Å². The van der Waals surface area contributed by atoms with E-state index in [9.17, 15) is 26.7 Å². The molecule has 0 atom stereocenters. The van der Waals surface area contributed by atoms with Crippen LogP contribution in [-0.4, -0.2) is 42.8 Å². The number of hydrogen-bond acceptors (Lipinski definition) is 6. The lowest BCUT2D eigenvalue weighted by Crippen LogP contribution is -2.21. The summed E-state index contributed by atoms with van der Waals surface area (Å²) in [7, 11) is 0. The van der Waals surface area contributed by atoms with E-state index in [1.807, 2.05) is 0 Å². The molecule has 154 valence electrons. The van der Waals surface area contributed by atoms with Gasteiger partial charge in [-0.05, 0) is 29.8 Å². The van der Waals surface area contributed by atoms with Gasteiger partial charge < -0.3 is 4.74 Å². The van der Waals surface area contributed by atoms with Gasteiger partial charge in [-0.15, -0.1) is 5.10 Å². The molecule has 3 aromatic heterocycles. The number of aromatic nitrogens is 6. The Morgan fingerprint density at radius 3 is 2.53 bits per heavy atom. The highest BCUT2D eigenvalue weighted by Crippen LogP contribution is 2.34. The molecule has 0 saturated carbocycles. The third kappa shape index (κ3) is 3.44. The molecule has 4 aromatic rings. The molecule has 0 spiro atoms. The monoisotopic (exact) mass is 424 g/mol. The number of rotatable bonds is 5. The summed E-state index contributed by atoms with van der Waals surface area (Å²) >= 11 is 0. The number of nitrogens with zero attached hydrogens (tertiary/aromatic N) is 5. The fourth-order valence-corrected chi connectivity index (χ4v) is 2.71. The maximum absolute atomic E-state index is 13.9. The zero-order valence-corrected chi connectivity index (χ0v) is 14.6. The van der Waals surface area contributed by atoms with E-state index < -0.39 is 42.2 Å². The lowest BCUT2D eigenvalue weighted by atomic mass is 10.0. The number of ether oxygens (including phenoxy) is 1. The third-order valence-corrected chi connectivity index (χ3v) is 3.91. The van der Waals surface area contributed by atoms with Crippen LogP contribution in [0.2, 0.25) is 0 Å². The molecule has 0 fully saturated rings. The van der Waals surface area contributed by atoms with Crippen LogP contribution in [0.1, 0.15) is 0 Å². The second-order valence-electron chi connectivity index (χ2n) is 5.87. The van der Waals surface area contributed by atoms with Crippen LogP contribution in [-0.2, 0) is 0 Å². The van der Waals surface area contributed by atoms with E-state index in [-0.39, 0.29) is 28.2 Å². The number of aromatic amines is 1. The molecule has 0 aliphatic rings. The molecular weight excluding hydrogens is 415 g/mol. The first-order valence-electron chi connectivity index (χ1n) is 8.22. The summed E-state index contributed by atoms with van der Waals surface area (Å²) in [5, 5.41) is 11.6. The van der Waals surface area contributed by atoms with Crippen molar-refractivity contribution in [3.8, 4) is 28.5 Å².